The summed E-state index contributed by atoms with van der Waals surface area (Å²) in [6.45, 7) is 0.385. The number of aromatic nitrogens is 4. The molecule has 2 heterocycles. The van der Waals surface area contributed by atoms with Crippen molar-refractivity contribution in [2.45, 2.75) is 13.0 Å². The van der Waals surface area contributed by atoms with Crippen molar-refractivity contribution >= 4 is 11.6 Å². The Hall–Kier alpha value is -3.62. The maximum atomic E-state index is 12.0. The van der Waals surface area contributed by atoms with Crippen LogP contribution in [-0.4, -0.2) is 31.0 Å². The van der Waals surface area contributed by atoms with Gasteiger partial charge >= 0.3 is 0 Å². The zero-order valence-electron chi connectivity index (χ0n) is 13.0. The van der Waals surface area contributed by atoms with Gasteiger partial charge in [0.2, 0.25) is 5.91 Å². The molecule has 126 valence electrons. The van der Waals surface area contributed by atoms with Gasteiger partial charge in [0.25, 0.3) is 5.69 Å². The summed E-state index contributed by atoms with van der Waals surface area (Å²) in [4.78, 5) is 30.4. The van der Waals surface area contributed by atoms with Crippen LogP contribution in [0, 0.1) is 10.1 Å². The van der Waals surface area contributed by atoms with Crippen molar-refractivity contribution < 1.29 is 9.72 Å². The number of hydrogen-bond acceptors (Lipinski definition) is 6. The monoisotopic (exact) mass is 338 g/mol. The van der Waals surface area contributed by atoms with Gasteiger partial charge in [-0.05, 0) is 23.8 Å². The molecule has 0 aliphatic heterocycles. The topological polar surface area (TPSA) is 127 Å². The second kappa shape index (κ2) is 7.30. The van der Waals surface area contributed by atoms with Crippen LogP contribution in [0.3, 0.4) is 0 Å². The van der Waals surface area contributed by atoms with Gasteiger partial charge in [-0.25, -0.2) is 4.98 Å². The summed E-state index contributed by atoms with van der Waals surface area (Å²) < 4.78 is 0. The lowest BCUT2D eigenvalue weighted by Gasteiger charge is -2.03. The molecule has 0 spiro atoms. The lowest BCUT2D eigenvalue weighted by atomic mass is 10.2. The van der Waals surface area contributed by atoms with E-state index in [-0.39, 0.29) is 18.0 Å². The molecule has 1 aromatic carbocycles. The summed E-state index contributed by atoms with van der Waals surface area (Å²) in [7, 11) is 0. The third-order valence-corrected chi connectivity index (χ3v) is 3.41. The number of carbonyl (C=O) groups is 1. The maximum absolute atomic E-state index is 12.0. The van der Waals surface area contributed by atoms with Crippen molar-refractivity contribution in [3.05, 3.63) is 70.3 Å². The van der Waals surface area contributed by atoms with E-state index in [1.807, 2.05) is 6.07 Å². The minimum Gasteiger partial charge on any atom is -0.352 e. The molecule has 25 heavy (non-hydrogen) atoms. The number of nitro groups is 1. The fraction of sp³-hybridized carbons (Fsp3) is 0.125. The maximum Gasteiger partial charge on any atom is 0.269 e. The fourth-order valence-corrected chi connectivity index (χ4v) is 2.15. The van der Waals surface area contributed by atoms with Crippen molar-refractivity contribution in [3.63, 3.8) is 0 Å². The molecule has 0 saturated carbocycles. The average molecular weight is 338 g/mol. The van der Waals surface area contributed by atoms with E-state index >= 15 is 0 Å². The van der Waals surface area contributed by atoms with Gasteiger partial charge in [0, 0.05) is 36.6 Å². The highest BCUT2D eigenvalue weighted by Gasteiger charge is 2.11. The summed E-state index contributed by atoms with van der Waals surface area (Å²) in [5.41, 5.74) is 1.53. The van der Waals surface area contributed by atoms with Crippen molar-refractivity contribution in [2.24, 2.45) is 0 Å². The third-order valence-electron chi connectivity index (χ3n) is 3.41. The van der Waals surface area contributed by atoms with Gasteiger partial charge < -0.3 is 5.32 Å². The van der Waals surface area contributed by atoms with E-state index in [1.54, 1.807) is 30.6 Å². The second-order valence-electron chi connectivity index (χ2n) is 5.22. The Balaban J connectivity index is 1.59. The normalized spacial score (nSPS) is 10.4. The molecule has 9 nitrogen and oxygen atoms in total. The predicted molar refractivity (Wildman–Crippen MR) is 88.3 cm³/mol. The van der Waals surface area contributed by atoms with Crippen LogP contribution in [0.5, 0.6) is 0 Å². The molecule has 1 amide bonds. The summed E-state index contributed by atoms with van der Waals surface area (Å²) in [5, 5.41) is 20.2. The number of nitrogens with one attached hydrogen (secondary N) is 2. The van der Waals surface area contributed by atoms with Crippen molar-refractivity contribution in [1.29, 1.82) is 0 Å². The summed E-state index contributed by atoms with van der Waals surface area (Å²) in [6.07, 6.45) is 3.40. The lowest BCUT2D eigenvalue weighted by molar-refractivity contribution is -0.384. The molecule has 3 rings (SSSR count). The molecule has 3 aromatic rings. The van der Waals surface area contributed by atoms with Crippen LogP contribution in [0.4, 0.5) is 5.69 Å². The highest BCUT2D eigenvalue weighted by Crippen LogP contribution is 2.19. The molecular formula is C16H14N6O3. The number of aromatic amines is 1. The largest absolute Gasteiger partial charge is 0.352 e. The quantitative estimate of drug-likeness (QED) is 0.519. The number of hydrogen-bond donors (Lipinski definition) is 2. The lowest BCUT2D eigenvalue weighted by Crippen LogP contribution is -2.25. The number of pyridine rings is 1. The molecule has 0 aliphatic carbocycles. The number of non-ortho nitro benzene ring substituents is 1. The van der Waals surface area contributed by atoms with Crippen LogP contribution in [0.2, 0.25) is 0 Å². The first-order valence-electron chi connectivity index (χ1n) is 7.43. The molecule has 0 aliphatic rings. The summed E-state index contributed by atoms with van der Waals surface area (Å²) in [5.74, 6) is 0.595. The van der Waals surface area contributed by atoms with Crippen molar-refractivity contribution in [2.75, 3.05) is 0 Å². The molecular weight excluding hydrogens is 324 g/mol. The van der Waals surface area contributed by atoms with Crippen molar-refractivity contribution in [3.8, 4) is 11.4 Å². The Morgan fingerprint density at radius 1 is 1.24 bits per heavy atom. The molecule has 0 atom stereocenters. The smallest absolute Gasteiger partial charge is 0.269 e. The zero-order chi connectivity index (χ0) is 17.6. The number of benzene rings is 1. The third kappa shape index (κ3) is 4.22. The predicted octanol–water partition coefficient (Wildman–Crippen LogP) is 1.63. The highest BCUT2D eigenvalue weighted by atomic mass is 16.6. The molecule has 0 bridgehead atoms. The van der Waals surface area contributed by atoms with E-state index in [2.05, 4.69) is 25.5 Å². The first kappa shape index (κ1) is 16.2. The van der Waals surface area contributed by atoms with E-state index < -0.39 is 4.92 Å². The molecule has 9 heteroatoms. The highest BCUT2D eigenvalue weighted by molar-refractivity contribution is 5.77. The Labute approximate surface area is 142 Å². The van der Waals surface area contributed by atoms with Gasteiger partial charge in [0.1, 0.15) is 5.82 Å². The van der Waals surface area contributed by atoms with Gasteiger partial charge in [-0.15, -0.1) is 0 Å². The number of carbonyl (C=O) groups excluding carboxylic acids is 1. The molecule has 0 fully saturated rings. The van der Waals surface area contributed by atoms with Crippen LogP contribution in [-0.2, 0) is 17.8 Å². The van der Waals surface area contributed by atoms with E-state index in [9.17, 15) is 14.9 Å². The zero-order valence-corrected chi connectivity index (χ0v) is 13.0. The van der Waals surface area contributed by atoms with Crippen LogP contribution in [0.15, 0.2) is 48.8 Å². The molecule has 0 unspecified atom stereocenters. The standard InChI is InChI=1S/C16H14N6O3/c23-15(18-10-11-2-1-7-17-9-11)8-14-19-16(21-20-14)12-3-5-13(6-4-12)22(24)25/h1-7,9H,8,10H2,(H,18,23)(H,19,20,21). The average Bonchev–Trinajstić information content (AvgIpc) is 3.09. The number of nitro benzene ring substituents is 1. The minimum absolute atomic E-state index is 0.00529. The Kier molecular flexibility index (Phi) is 4.74. The fourth-order valence-electron chi connectivity index (χ4n) is 2.15. The van der Waals surface area contributed by atoms with Gasteiger partial charge in [0.15, 0.2) is 5.82 Å². The first-order chi connectivity index (χ1) is 12.1. The van der Waals surface area contributed by atoms with Crippen molar-refractivity contribution in [1.82, 2.24) is 25.5 Å². The Bertz CT molecular complexity index is 876. The Morgan fingerprint density at radius 3 is 2.72 bits per heavy atom. The van der Waals surface area contributed by atoms with Crippen LogP contribution >= 0.6 is 0 Å². The van der Waals surface area contributed by atoms with Crippen LogP contribution in [0.25, 0.3) is 11.4 Å². The van der Waals surface area contributed by atoms with Crippen LogP contribution < -0.4 is 5.32 Å². The number of amides is 1. The first-order valence-corrected chi connectivity index (χ1v) is 7.43. The second-order valence-corrected chi connectivity index (χ2v) is 5.22. The van der Waals surface area contributed by atoms with E-state index in [1.165, 1.54) is 12.1 Å². The van der Waals surface area contributed by atoms with Gasteiger partial charge in [-0.1, -0.05) is 6.07 Å². The molecule has 0 radical (unpaired) electrons. The number of nitrogens with zero attached hydrogens (tertiary/aromatic N) is 4. The van der Waals surface area contributed by atoms with Gasteiger partial charge in [-0.3, -0.25) is 25.0 Å². The van der Waals surface area contributed by atoms with Crippen LogP contribution in [0.1, 0.15) is 11.4 Å². The number of H-pyrrole nitrogens is 1. The van der Waals surface area contributed by atoms with E-state index in [0.717, 1.165) is 5.56 Å². The van der Waals surface area contributed by atoms with E-state index in [4.69, 9.17) is 0 Å². The molecule has 2 N–H and O–H groups in total. The number of rotatable bonds is 6. The Morgan fingerprint density at radius 2 is 2.04 bits per heavy atom. The summed E-state index contributed by atoms with van der Waals surface area (Å²) >= 11 is 0. The summed E-state index contributed by atoms with van der Waals surface area (Å²) in [6, 6.07) is 9.56. The molecule has 0 saturated heterocycles. The SMILES string of the molecule is O=C(Cc1nc(-c2ccc([N+](=O)[O-])cc2)n[nH]1)NCc1cccnc1. The van der Waals surface area contributed by atoms with Gasteiger partial charge in [0.05, 0.1) is 11.3 Å². The molecule has 2 aromatic heterocycles. The van der Waals surface area contributed by atoms with Gasteiger partial charge in [-0.2, -0.15) is 5.10 Å². The van der Waals surface area contributed by atoms with E-state index in [0.29, 0.717) is 23.8 Å². The minimum atomic E-state index is -0.472.